The molecule has 1 aliphatic rings. The Morgan fingerprint density at radius 1 is 1.44 bits per heavy atom. The normalized spacial score (nSPS) is 32.2. The average Bonchev–Trinajstić information content (AvgIpc) is 2.93. The van der Waals surface area contributed by atoms with Gasteiger partial charge in [-0.25, -0.2) is 19.3 Å². The number of aromatic nitrogens is 4. The fourth-order valence-corrected chi connectivity index (χ4v) is 3.40. The molecule has 0 saturated carbocycles. The molecule has 0 aromatic carbocycles. The molecule has 0 aliphatic carbocycles. The molecule has 8 heteroatoms. The van der Waals surface area contributed by atoms with Crippen LogP contribution in [-0.4, -0.2) is 53.9 Å². The van der Waals surface area contributed by atoms with Gasteiger partial charge in [-0.15, -0.1) is 11.8 Å². The van der Waals surface area contributed by atoms with Crippen LogP contribution in [0.3, 0.4) is 0 Å². The molecule has 1 aliphatic heterocycles. The number of alkyl halides is 1. The Hall–Kier alpha value is -1.25. The molecule has 96 valence electrons. The highest BCUT2D eigenvalue weighted by atomic mass is 32.2. The molecule has 2 aromatic heterocycles. The molecule has 6 nitrogen and oxygen atoms in total. The van der Waals surface area contributed by atoms with Crippen molar-refractivity contribution in [2.24, 2.45) is 0 Å². The molecule has 1 saturated heterocycles. The van der Waals surface area contributed by atoms with Gasteiger partial charge in [0.15, 0.2) is 11.8 Å². The van der Waals surface area contributed by atoms with Crippen molar-refractivity contribution in [2.75, 3.05) is 6.61 Å². The molecule has 2 N–H and O–H groups in total. The highest BCUT2D eigenvalue weighted by molar-refractivity contribution is 8.00. The van der Waals surface area contributed by atoms with Crippen LogP contribution in [0.25, 0.3) is 11.2 Å². The van der Waals surface area contributed by atoms with Gasteiger partial charge in [-0.3, -0.25) is 4.57 Å². The van der Waals surface area contributed by atoms with Gasteiger partial charge < -0.3 is 10.2 Å². The number of aliphatic hydroxyl groups is 2. The van der Waals surface area contributed by atoms with E-state index in [1.54, 1.807) is 10.8 Å². The minimum atomic E-state index is -1.46. The number of halogens is 1. The summed E-state index contributed by atoms with van der Waals surface area (Å²) in [5.74, 6) is 0. The van der Waals surface area contributed by atoms with E-state index in [-0.39, 0.29) is 6.61 Å². The summed E-state index contributed by atoms with van der Waals surface area (Å²) in [6, 6.07) is 0. The lowest BCUT2D eigenvalue weighted by atomic mass is 10.1. The highest BCUT2D eigenvalue weighted by Crippen LogP contribution is 2.44. The maximum absolute atomic E-state index is 14.0. The van der Waals surface area contributed by atoms with Crippen molar-refractivity contribution in [3.05, 3.63) is 18.9 Å². The van der Waals surface area contributed by atoms with E-state index in [0.717, 1.165) is 0 Å². The summed E-state index contributed by atoms with van der Waals surface area (Å²) in [5, 5.41) is 17.6. The Balaban J connectivity index is 2.00. The van der Waals surface area contributed by atoms with Crippen LogP contribution in [0.4, 0.5) is 4.39 Å². The van der Waals surface area contributed by atoms with Crippen molar-refractivity contribution in [3.63, 3.8) is 0 Å². The molecule has 18 heavy (non-hydrogen) atoms. The summed E-state index contributed by atoms with van der Waals surface area (Å²) in [6.07, 6.45) is 1.76. The molecule has 4 atom stereocenters. The lowest BCUT2D eigenvalue weighted by molar-refractivity contribution is 0.0642. The van der Waals surface area contributed by atoms with Gasteiger partial charge in [-0.1, -0.05) is 0 Å². The van der Waals surface area contributed by atoms with Gasteiger partial charge in [0.1, 0.15) is 23.3 Å². The van der Waals surface area contributed by atoms with Gasteiger partial charge >= 0.3 is 0 Å². The molecule has 0 bridgehead atoms. The van der Waals surface area contributed by atoms with Crippen LogP contribution in [0.2, 0.25) is 0 Å². The molecule has 2 aromatic rings. The van der Waals surface area contributed by atoms with Crippen LogP contribution >= 0.6 is 11.8 Å². The Bertz CT molecular complexity index is 566. The topological polar surface area (TPSA) is 84.1 Å². The van der Waals surface area contributed by atoms with E-state index in [4.69, 9.17) is 5.11 Å². The van der Waals surface area contributed by atoms with E-state index in [0.29, 0.717) is 11.2 Å². The number of imidazole rings is 1. The molecule has 3 heterocycles. The number of thioether (sulfide) groups is 1. The number of rotatable bonds is 2. The van der Waals surface area contributed by atoms with E-state index >= 15 is 0 Å². The second-order valence-electron chi connectivity index (χ2n) is 4.07. The summed E-state index contributed by atoms with van der Waals surface area (Å²) < 4.78 is 15.6. The van der Waals surface area contributed by atoms with Crippen LogP contribution < -0.4 is 0 Å². The molecule has 0 amide bonds. The average molecular weight is 270 g/mol. The highest BCUT2D eigenvalue weighted by Gasteiger charge is 2.44. The molecule has 0 unspecified atom stereocenters. The van der Waals surface area contributed by atoms with E-state index in [9.17, 15) is 9.50 Å². The van der Waals surface area contributed by atoms with E-state index in [1.165, 1.54) is 24.4 Å². The van der Waals surface area contributed by atoms with Crippen LogP contribution in [0.15, 0.2) is 18.9 Å². The number of fused-ring (bicyclic) bond motifs is 1. The van der Waals surface area contributed by atoms with Crippen molar-refractivity contribution < 1.29 is 14.6 Å². The zero-order chi connectivity index (χ0) is 12.7. The minimum Gasteiger partial charge on any atom is -0.395 e. The van der Waals surface area contributed by atoms with Crippen molar-refractivity contribution in [1.29, 1.82) is 0 Å². The van der Waals surface area contributed by atoms with Gasteiger partial charge in [0, 0.05) is 0 Å². The van der Waals surface area contributed by atoms with Crippen molar-refractivity contribution in [2.45, 2.75) is 22.9 Å². The fraction of sp³-hybridized carbons (Fsp3) is 0.500. The van der Waals surface area contributed by atoms with Gasteiger partial charge in [-0.05, 0) is 0 Å². The molecule has 0 spiro atoms. The van der Waals surface area contributed by atoms with Gasteiger partial charge in [0.2, 0.25) is 0 Å². The van der Waals surface area contributed by atoms with E-state index < -0.39 is 22.9 Å². The Morgan fingerprint density at radius 2 is 2.28 bits per heavy atom. The fourth-order valence-electron chi connectivity index (χ4n) is 2.05. The smallest absolute Gasteiger partial charge is 0.164 e. The lowest BCUT2D eigenvalue weighted by Gasteiger charge is -2.14. The summed E-state index contributed by atoms with van der Waals surface area (Å²) >= 11 is 1.19. The van der Waals surface area contributed by atoms with Gasteiger partial charge in [0.05, 0.1) is 24.4 Å². The summed E-state index contributed by atoms with van der Waals surface area (Å²) in [7, 11) is 0. The van der Waals surface area contributed by atoms with E-state index in [2.05, 4.69) is 15.0 Å². The third-order valence-electron chi connectivity index (χ3n) is 2.99. The van der Waals surface area contributed by atoms with Gasteiger partial charge in [-0.2, -0.15) is 0 Å². The van der Waals surface area contributed by atoms with Crippen LogP contribution in [0, 0.1) is 0 Å². The monoisotopic (exact) mass is 270 g/mol. The first kappa shape index (κ1) is 11.8. The first-order valence-corrected chi connectivity index (χ1v) is 6.37. The quantitative estimate of drug-likeness (QED) is 0.807. The number of hydrogen-bond donors (Lipinski definition) is 2. The summed E-state index contributed by atoms with van der Waals surface area (Å²) in [4.78, 5) is 12.0. The third kappa shape index (κ3) is 1.68. The Morgan fingerprint density at radius 3 is 3.00 bits per heavy atom. The van der Waals surface area contributed by atoms with E-state index in [1.807, 2.05) is 0 Å². The maximum Gasteiger partial charge on any atom is 0.164 e. The minimum absolute atomic E-state index is 0.260. The van der Waals surface area contributed by atoms with Crippen LogP contribution in [0.1, 0.15) is 5.37 Å². The first-order valence-electron chi connectivity index (χ1n) is 5.43. The second-order valence-corrected chi connectivity index (χ2v) is 5.43. The lowest BCUT2D eigenvalue weighted by Crippen LogP contribution is -2.29. The Labute approximate surface area is 106 Å². The van der Waals surface area contributed by atoms with Crippen LogP contribution in [-0.2, 0) is 0 Å². The number of hydrogen-bond acceptors (Lipinski definition) is 6. The predicted molar refractivity (Wildman–Crippen MR) is 63.7 cm³/mol. The van der Waals surface area contributed by atoms with Crippen molar-refractivity contribution in [1.82, 2.24) is 19.5 Å². The molecule has 3 rings (SSSR count). The summed E-state index contributed by atoms with van der Waals surface area (Å²) in [5.41, 5.74) is 1.10. The maximum atomic E-state index is 14.0. The van der Waals surface area contributed by atoms with Crippen molar-refractivity contribution >= 4 is 22.9 Å². The number of aliphatic hydroxyl groups excluding tert-OH is 2. The molecular formula is C10H11FN4O2S. The SMILES string of the molecule is OC[C@@H]1S[C@H](n2cnc3cncnc32)[C@H](F)[C@@H]1O. The largest absolute Gasteiger partial charge is 0.395 e. The second kappa shape index (κ2) is 4.45. The zero-order valence-corrected chi connectivity index (χ0v) is 10.0. The number of nitrogens with zero attached hydrogens (tertiary/aromatic N) is 4. The molecule has 1 fully saturated rings. The third-order valence-corrected chi connectivity index (χ3v) is 4.53. The summed E-state index contributed by atoms with van der Waals surface area (Å²) in [6.45, 7) is -0.260. The predicted octanol–water partition coefficient (Wildman–Crippen LogP) is 0.132. The molecule has 0 radical (unpaired) electrons. The zero-order valence-electron chi connectivity index (χ0n) is 9.22. The molecular weight excluding hydrogens is 259 g/mol. The van der Waals surface area contributed by atoms with Gasteiger partial charge in [0.25, 0.3) is 0 Å². The Kier molecular flexibility index (Phi) is 2.92. The first-order chi connectivity index (χ1) is 8.72. The standard InChI is InChI=1S/C10H11FN4O2S/c11-7-8(17)6(2-16)18-10(7)15-4-14-5-1-12-3-13-9(5)15/h1,3-4,6-8,10,16-17H,2H2/t6-,7+,8+,10-/m0/s1. The van der Waals surface area contributed by atoms with Crippen LogP contribution in [0.5, 0.6) is 0 Å². The van der Waals surface area contributed by atoms with Crippen molar-refractivity contribution in [3.8, 4) is 0 Å².